The maximum Gasteiger partial charge on any atom is 0.472 e. The fourth-order valence-corrected chi connectivity index (χ4v) is 12.0. The van der Waals surface area contributed by atoms with Crippen LogP contribution in [0, 0.1) is 11.8 Å². The molecule has 0 bridgehead atoms. The van der Waals surface area contributed by atoms with Crippen LogP contribution in [0.1, 0.15) is 350 Å². The highest BCUT2D eigenvalue weighted by molar-refractivity contribution is 7.47. The molecule has 0 heterocycles. The number of rotatable bonds is 68. The third kappa shape index (κ3) is 62.8. The molecular weight excluding hydrogens is 1160 g/mol. The number of carbonyl (C=O) groups is 4. The van der Waals surface area contributed by atoms with Gasteiger partial charge in [-0.1, -0.05) is 298 Å². The number of esters is 4. The predicted octanol–water partition coefficient (Wildman–Crippen LogP) is 19.6. The van der Waals surface area contributed by atoms with Gasteiger partial charge in [-0.05, 0) is 37.5 Å². The molecule has 0 spiro atoms. The number of unbranched alkanes of at least 4 members (excludes halogenated alkanes) is 38. The quantitative estimate of drug-likeness (QED) is 0.0222. The zero-order valence-electron chi connectivity index (χ0n) is 57.0. The summed E-state index contributed by atoms with van der Waals surface area (Å²) in [6, 6.07) is 0. The smallest absolute Gasteiger partial charge is 0.462 e. The van der Waals surface area contributed by atoms with Gasteiger partial charge in [-0.2, -0.15) is 0 Å². The summed E-state index contributed by atoms with van der Waals surface area (Å²) in [5.41, 5.74) is 0. The molecule has 0 aliphatic carbocycles. The topological polar surface area (TPSA) is 237 Å². The molecule has 0 aromatic heterocycles. The average molecular weight is 1300 g/mol. The van der Waals surface area contributed by atoms with Crippen molar-refractivity contribution in [2.45, 2.75) is 368 Å². The van der Waals surface area contributed by atoms with Crippen LogP contribution >= 0.6 is 15.6 Å². The molecule has 17 nitrogen and oxygen atoms in total. The molecule has 0 amide bonds. The zero-order chi connectivity index (χ0) is 65.0. The van der Waals surface area contributed by atoms with Crippen LogP contribution < -0.4 is 0 Å². The minimum Gasteiger partial charge on any atom is -0.462 e. The van der Waals surface area contributed by atoms with Crippen molar-refractivity contribution in [1.29, 1.82) is 0 Å². The second-order valence-electron chi connectivity index (χ2n) is 25.9. The molecule has 88 heavy (non-hydrogen) atoms. The Hall–Kier alpha value is -1.94. The van der Waals surface area contributed by atoms with Crippen LogP contribution in [0.5, 0.6) is 0 Å². The first-order valence-corrected chi connectivity index (χ1v) is 39.0. The van der Waals surface area contributed by atoms with Gasteiger partial charge in [0.05, 0.1) is 26.4 Å². The maximum absolute atomic E-state index is 13.0. The van der Waals surface area contributed by atoms with E-state index in [2.05, 4.69) is 41.5 Å². The summed E-state index contributed by atoms with van der Waals surface area (Å²) < 4.78 is 68.1. The number of hydrogen-bond acceptors (Lipinski definition) is 15. The van der Waals surface area contributed by atoms with Crippen molar-refractivity contribution in [3.63, 3.8) is 0 Å². The van der Waals surface area contributed by atoms with Crippen molar-refractivity contribution in [2.75, 3.05) is 39.6 Å². The minimum atomic E-state index is -4.95. The summed E-state index contributed by atoms with van der Waals surface area (Å²) >= 11 is 0. The van der Waals surface area contributed by atoms with Crippen LogP contribution in [0.4, 0.5) is 0 Å². The van der Waals surface area contributed by atoms with Gasteiger partial charge in [0.2, 0.25) is 0 Å². The Morgan fingerprint density at radius 3 is 0.773 bits per heavy atom. The number of aliphatic hydroxyl groups excluding tert-OH is 1. The predicted molar refractivity (Wildman–Crippen MR) is 354 cm³/mol. The monoisotopic (exact) mass is 1300 g/mol. The van der Waals surface area contributed by atoms with Crippen molar-refractivity contribution in [2.24, 2.45) is 11.8 Å². The minimum absolute atomic E-state index is 0.102. The second-order valence-corrected chi connectivity index (χ2v) is 28.8. The van der Waals surface area contributed by atoms with Gasteiger partial charge in [-0.25, -0.2) is 9.13 Å². The highest BCUT2D eigenvalue weighted by atomic mass is 31.2. The van der Waals surface area contributed by atoms with Crippen molar-refractivity contribution in [1.82, 2.24) is 0 Å². The van der Waals surface area contributed by atoms with E-state index in [4.69, 9.17) is 37.0 Å². The van der Waals surface area contributed by atoms with E-state index < -0.39 is 97.5 Å². The van der Waals surface area contributed by atoms with E-state index in [0.717, 1.165) is 109 Å². The largest absolute Gasteiger partial charge is 0.472 e. The van der Waals surface area contributed by atoms with E-state index in [1.165, 1.54) is 154 Å². The van der Waals surface area contributed by atoms with Gasteiger partial charge >= 0.3 is 39.5 Å². The summed E-state index contributed by atoms with van der Waals surface area (Å²) in [7, 11) is -9.89. The van der Waals surface area contributed by atoms with Crippen LogP contribution in [0.3, 0.4) is 0 Å². The van der Waals surface area contributed by atoms with Gasteiger partial charge in [0, 0.05) is 25.7 Å². The molecule has 0 saturated carbocycles. The van der Waals surface area contributed by atoms with Crippen molar-refractivity contribution in [3.8, 4) is 0 Å². The molecule has 3 N–H and O–H groups in total. The molecule has 0 aliphatic heterocycles. The molecule has 0 aromatic carbocycles. The SMILES string of the molecule is CCCCCCCCCCCCCCCCC(=O)OC[C@H](COP(=O)(O)OC[C@@H](O)COP(=O)(O)OC[C@@H](COC(=O)CCCCCCCCC)OC(=O)CCCCCCCCC(C)C)OC(=O)CCCCCCCCCCCCCCCCCC(C)C. The third-order valence-corrected chi connectivity index (χ3v) is 17.9. The summed E-state index contributed by atoms with van der Waals surface area (Å²) in [4.78, 5) is 72.3. The molecule has 0 radical (unpaired) electrons. The zero-order valence-corrected chi connectivity index (χ0v) is 58.8. The van der Waals surface area contributed by atoms with Gasteiger partial charge in [0.1, 0.15) is 19.3 Å². The van der Waals surface area contributed by atoms with E-state index in [1.54, 1.807) is 0 Å². The Morgan fingerprint density at radius 2 is 0.523 bits per heavy atom. The van der Waals surface area contributed by atoms with Gasteiger partial charge in [0.15, 0.2) is 12.2 Å². The first-order chi connectivity index (χ1) is 42.4. The summed E-state index contributed by atoms with van der Waals surface area (Å²) in [5.74, 6) is -0.661. The Bertz CT molecular complexity index is 1720. The molecule has 5 atom stereocenters. The van der Waals surface area contributed by atoms with Gasteiger partial charge in [0.25, 0.3) is 0 Å². The Kier molecular flexibility index (Phi) is 59.9. The van der Waals surface area contributed by atoms with Crippen LogP contribution in [-0.4, -0.2) is 96.7 Å². The Balaban J connectivity index is 5.18. The van der Waals surface area contributed by atoms with Gasteiger partial charge < -0.3 is 33.8 Å². The number of ether oxygens (including phenoxy) is 4. The number of phosphoric acid groups is 2. The molecule has 2 unspecified atom stereocenters. The lowest BCUT2D eigenvalue weighted by Crippen LogP contribution is -2.30. The van der Waals surface area contributed by atoms with Gasteiger partial charge in [-0.3, -0.25) is 37.3 Å². The molecule has 0 rings (SSSR count). The van der Waals surface area contributed by atoms with E-state index in [1.807, 2.05) is 0 Å². The van der Waals surface area contributed by atoms with Crippen LogP contribution in [0.2, 0.25) is 0 Å². The maximum atomic E-state index is 13.0. The Labute approximate surface area is 537 Å². The number of phosphoric ester groups is 2. The number of carbonyl (C=O) groups excluding carboxylic acids is 4. The van der Waals surface area contributed by atoms with Crippen LogP contribution in [0.25, 0.3) is 0 Å². The molecule has 0 fully saturated rings. The lowest BCUT2D eigenvalue weighted by Gasteiger charge is -2.21. The fourth-order valence-electron chi connectivity index (χ4n) is 10.4. The molecule has 19 heteroatoms. The van der Waals surface area contributed by atoms with E-state index in [0.29, 0.717) is 31.6 Å². The highest BCUT2D eigenvalue weighted by Crippen LogP contribution is 2.45. The first-order valence-electron chi connectivity index (χ1n) is 36.0. The van der Waals surface area contributed by atoms with E-state index in [-0.39, 0.29) is 25.7 Å². The van der Waals surface area contributed by atoms with Crippen LogP contribution in [-0.2, 0) is 65.4 Å². The third-order valence-electron chi connectivity index (χ3n) is 16.0. The lowest BCUT2D eigenvalue weighted by atomic mass is 10.0. The number of hydrogen-bond donors (Lipinski definition) is 3. The lowest BCUT2D eigenvalue weighted by molar-refractivity contribution is -0.161. The number of aliphatic hydroxyl groups is 1. The first kappa shape index (κ1) is 86.1. The molecule has 0 aliphatic rings. The molecule has 522 valence electrons. The van der Waals surface area contributed by atoms with Crippen LogP contribution in [0.15, 0.2) is 0 Å². The normalized spacial score (nSPS) is 14.2. The Morgan fingerprint density at radius 1 is 0.307 bits per heavy atom. The van der Waals surface area contributed by atoms with Crippen molar-refractivity contribution >= 4 is 39.5 Å². The van der Waals surface area contributed by atoms with Crippen molar-refractivity contribution in [3.05, 3.63) is 0 Å². The molecule has 0 saturated heterocycles. The fraction of sp³-hybridized carbons (Fsp3) is 0.942. The summed E-state index contributed by atoms with van der Waals surface area (Å²) in [6.45, 7) is 9.43. The standard InChI is InChI=1S/C69H134O17P2/c1-7-9-11-13-15-16-17-18-23-26-29-33-40-46-52-67(72)80-58-64(85-68(73)53-47-41-34-30-27-24-21-19-20-22-25-28-32-37-43-49-61(3)4)59-83-87(75,76)81-55-63(70)56-82-88(77,78)84-60-65(57-79-66(71)51-45-39-31-14-12-10-8-2)86-69(74)54-48-42-36-35-38-44-50-62(5)6/h61-65,70H,7-60H2,1-6H3,(H,75,76)(H,77,78)/t63-,64-,65-/m1/s1. The van der Waals surface area contributed by atoms with E-state index in [9.17, 15) is 43.2 Å². The average Bonchev–Trinajstić information content (AvgIpc) is 3.53. The molecular formula is C69H134O17P2. The second kappa shape index (κ2) is 61.3. The molecule has 0 aromatic rings. The highest BCUT2D eigenvalue weighted by Gasteiger charge is 2.30. The summed E-state index contributed by atoms with van der Waals surface area (Å²) in [5, 5.41) is 10.6. The van der Waals surface area contributed by atoms with E-state index >= 15 is 0 Å². The summed E-state index contributed by atoms with van der Waals surface area (Å²) in [6.07, 6.45) is 46.1. The van der Waals surface area contributed by atoms with Crippen molar-refractivity contribution < 1.29 is 80.2 Å². The van der Waals surface area contributed by atoms with Gasteiger partial charge in [-0.15, -0.1) is 0 Å².